The first-order valence-corrected chi connectivity index (χ1v) is 6.80. The Morgan fingerprint density at radius 3 is 0.895 bits per heavy atom. The van der Waals surface area contributed by atoms with Gasteiger partial charge in [-0.05, 0) is 10.8 Å². The summed E-state index contributed by atoms with van der Waals surface area (Å²) >= 11 is 0. The fourth-order valence-electron chi connectivity index (χ4n) is 0.877. The molecule has 0 saturated heterocycles. The van der Waals surface area contributed by atoms with Gasteiger partial charge in [0.1, 0.15) is 0 Å². The van der Waals surface area contributed by atoms with Crippen LogP contribution in [0.3, 0.4) is 0 Å². The van der Waals surface area contributed by atoms with Crippen LogP contribution < -0.4 is 0 Å². The monoisotopic (exact) mass is 340 g/mol. The van der Waals surface area contributed by atoms with E-state index >= 15 is 0 Å². The van der Waals surface area contributed by atoms with Gasteiger partial charge in [0.15, 0.2) is 0 Å². The first kappa shape index (κ1) is 27.4. The van der Waals surface area contributed by atoms with Crippen LogP contribution in [0.25, 0.3) is 0 Å². The summed E-state index contributed by atoms with van der Waals surface area (Å²) in [5, 5.41) is 3.35. The predicted molar refractivity (Wildman–Crippen MR) is 74.6 cm³/mol. The second kappa shape index (κ2) is 13.1. The van der Waals surface area contributed by atoms with Crippen molar-refractivity contribution in [2.75, 3.05) is 0 Å². The summed E-state index contributed by atoms with van der Waals surface area (Å²) in [4.78, 5) is 0. The van der Waals surface area contributed by atoms with Gasteiger partial charge in [-0.15, -0.1) is 0 Å². The minimum absolute atomic E-state index is 0. The van der Waals surface area contributed by atoms with E-state index in [0.29, 0.717) is 10.8 Å². The molecule has 0 aromatic carbocycles. The van der Waals surface area contributed by atoms with E-state index in [9.17, 15) is 0 Å². The normalized spacial score (nSPS) is 13.5. The molecule has 0 radical (unpaired) electrons. The summed E-state index contributed by atoms with van der Waals surface area (Å²) in [5.41, 5.74) is 0.829. The van der Waals surface area contributed by atoms with Crippen molar-refractivity contribution in [1.29, 1.82) is 0 Å². The van der Waals surface area contributed by atoms with Gasteiger partial charge < -0.3 is 0 Å². The summed E-state index contributed by atoms with van der Waals surface area (Å²) in [6, 6.07) is 0. The minimum atomic E-state index is 0. The first-order valence-electron chi connectivity index (χ1n) is 5.01. The van der Waals surface area contributed by atoms with Gasteiger partial charge in [0.25, 0.3) is 0 Å². The van der Waals surface area contributed by atoms with Crippen LogP contribution in [0.1, 0.15) is 41.5 Å². The molecule has 0 fully saturated rings. The van der Waals surface area contributed by atoms with E-state index in [1.54, 1.807) is 10.1 Å². The summed E-state index contributed by atoms with van der Waals surface area (Å²) < 4.78 is 22.5. The average Bonchev–Trinajstić information content (AvgIpc) is 2.20. The molecule has 1 aliphatic heterocycles. The molecule has 0 aromatic heterocycles. The maximum Gasteiger partial charge on any atom is 0 e. The van der Waals surface area contributed by atoms with E-state index in [1.807, 2.05) is 0 Å². The molecule has 0 bridgehead atoms. The molecule has 19 heavy (non-hydrogen) atoms. The van der Waals surface area contributed by atoms with Crippen LogP contribution in [0.15, 0.2) is 0 Å². The van der Waals surface area contributed by atoms with Crippen molar-refractivity contribution in [3.8, 4) is 0 Å². The van der Waals surface area contributed by atoms with Crippen LogP contribution in [-0.4, -0.2) is 10.1 Å². The van der Waals surface area contributed by atoms with Crippen LogP contribution in [0, 0.1) is 30.8 Å². The minimum Gasteiger partial charge on any atom is 0 e. The molecule has 0 unspecified atom stereocenters. The number of hydrogen-bond donors (Lipinski definition) is 0. The SMILES string of the molecule is CC(C)(C)C1=PC(C(C)(C)C)=P1.[C-]#[O+].[C-]#[O+].[C-]#[O+].[Fe]. The van der Waals surface area contributed by atoms with Crippen molar-refractivity contribution in [1.82, 2.24) is 0 Å². The maximum atomic E-state index is 7.50. The van der Waals surface area contributed by atoms with Crippen molar-refractivity contribution in [3.05, 3.63) is 20.0 Å². The van der Waals surface area contributed by atoms with Crippen molar-refractivity contribution >= 4 is 26.5 Å². The molecule has 1 aliphatic rings. The summed E-state index contributed by atoms with van der Waals surface area (Å²) in [7, 11) is 3.04. The van der Waals surface area contributed by atoms with E-state index in [1.165, 1.54) is 16.4 Å². The van der Waals surface area contributed by atoms with Gasteiger partial charge >= 0.3 is 33.9 Å². The molecular weight excluding hydrogens is 322 g/mol. The van der Waals surface area contributed by atoms with Crippen molar-refractivity contribution < 1.29 is 31.0 Å². The van der Waals surface area contributed by atoms with Crippen LogP contribution in [0.2, 0.25) is 0 Å². The topological polar surface area (TPSA) is 59.7 Å². The van der Waals surface area contributed by atoms with E-state index in [-0.39, 0.29) is 17.1 Å². The third-order valence-electron chi connectivity index (χ3n) is 1.77. The smallest absolute Gasteiger partial charge is 0 e. The molecule has 0 atom stereocenters. The standard InChI is InChI=1S/C10H18P2.3CO.Fe/c1-9(2,3)7-11-8(12-7)10(4,5)6;3*1-2;/h1-6H3;;;;. The van der Waals surface area contributed by atoms with Gasteiger partial charge in [-0.2, -0.15) is 0 Å². The van der Waals surface area contributed by atoms with E-state index in [4.69, 9.17) is 14.0 Å². The van der Waals surface area contributed by atoms with Gasteiger partial charge in [0, 0.05) is 27.1 Å². The van der Waals surface area contributed by atoms with Gasteiger partial charge in [-0.25, -0.2) is 0 Å². The van der Waals surface area contributed by atoms with Gasteiger partial charge in [0.05, 0.1) is 0 Å². The average molecular weight is 340 g/mol. The zero-order valence-corrected chi connectivity index (χ0v) is 14.9. The molecule has 0 spiro atoms. The van der Waals surface area contributed by atoms with Gasteiger partial charge in [0.2, 0.25) is 0 Å². The number of rotatable bonds is 0. The Bertz CT molecular complexity index is 318. The molecule has 1 heterocycles. The molecule has 106 valence electrons. The van der Waals surface area contributed by atoms with E-state index in [2.05, 4.69) is 61.5 Å². The van der Waals surface area contributed by atoms with Crippen LogP contribution in [0.5, 0.6) is 0 Å². The van der Waals surface area contributed by atoms with Crippen LogP contribution >= 0.6 is 16.4 Å². The quantitative estimate of drug-likeness (QED) is 0.276. The molecule has 0 amide bonds. The van der Waals surface area contributed by atoms with Crippen molar-refractivity contribution in [2.45, 2.75) is 41.5 Å². The molecule has 1 rings (SSSR count). The molecule has 6 heteroatoms. The Morgan fingerprint density at radius 2 is 0.789 bits per heavy atom. The first-order chi connectivity index (χ1) is 8.21. The number of hydrogen-bond acceptors (Lipinski definition) is 0. The summed E-state index contributed by atoms with van der Waals surface area (Å²) in [5.74, 6) is 0. The summed E-state index contributed by atoms with van der Waals surface area (Å²) in [6.45, 7) is 27.3. The van der Waals surface area contributed by atoms with Crippen LogP contribution in [0.4, 0.5) is 0 Å². The Morgan fingerprint density at radius 1 is 0.632 bits per heavy atom. The molecule has 0 N–H and O–H groups in total. The zero-order valence-electron chi connectivity index (χ0n) is 12.0. The third-order valence-corrected chi connectivity index (χ3v) is 6.50. The van der Waals surface area contributed by atoms with Crippen molar-refractivity contribution in [3.63, 3.8) is 0 Å². The van der Waals surface area contributed by atoms with E-state index in [0.717, 1.165) is 0 Å². The molecular formula is C13H18FeO3P2. The van der Waals surface area contributed by atoms with Gasteiger partial charge in [-0.1, -0.05) is 58.0 Å². The Labute approximate surface area is 130 Å². The third kappa shape index (κ3) is 11.6. The Balaban J connectivity index is -0.000000142. The maximum absolute atomic E-state index is 7.50. The fourth-order valence-corrected chi connectivity index (χ4v) is 3.53. The molecule has 0 aliphatic carbocycles. The second-order valence-electron chi connectivity index (χ2n) is 5.37. The van der Waals surface area contributed by atoms with Gasteiger partial charge in [-0.3, -0.25) is 0 Å². The molecule has 3 nitrogen and oxygen atoms in total. The second-order valence-corrected chi connectivity index (χ2v) is 8.31. The van der Waals surface area contributed by atoms with Crippen molar-refractivity contribution in [2.24, 2.45) is 10.8 Å². The summed E-state index contributed by atoms with van der Waals surface area (Å²) in [6.07, 6.45) is 0. The molecule has 0 saturated carbocycles. The Kier molecular flexibility index (Phi) is 18.9. The largest absolute Gasteiger partial charge is 0 e. The zero-order chi connectivity index (χ0) is 15.6. The van der Waals surface area contributed by atoms with E-state index < -0.39 is 0 Å². The Hall–Kier alpha value is 0.0795. The van der Waals surface area contributed by atoms with Crippen LogP contribution in [-0.2, 0) is 31.0 Å². The molecule has 0 aromatic rings. The fraction of sp³-hybridized carbons (Fsp3) is 0.615. The predicted octanol–water partition coefficient (Wildman–Crippen LogP) is 4.13.